The number of pyridine rings is 1. The zero-order valence-corrected chi connectivity index (χ0v) is 17.6. The number of rotatable bonds is 1. The van der Waals surface area contributed by atoms with Crippen LogP contribution >= 0.6 is 0 Å². The van der Waals surface area contributed by atoms with Gasteiger partial charge in [-0.15, -0.1) is 0 Å². The Kier molecular flexibility index (Phi) is 5.48. The van der Waals surface area contributed by atoms with E-state index in [-0.39, 0.29) is 48.3 Å². The van der Waals surface area contributed by atoms with Gasteiger partial charge in [0, 0.05) is 44.0 Å². The molecule has 1 aromatic heterocycles. The van der Waals surface area contributed by atoms with E-state index in [2.05, 4.69) is 15.6 Å². The highest BCUT2D eigenvalue weighted by molar-refractivity contribution is 5.97. The van der Waals surface area contributed by atoms with Gasteiger partial charge in [0.25, 0.3) is 11.8 Å². The van der Waals surface area contributed by atoms with Gasteiger partial charge >= 0.3 is 0 Å². The normalized spacial score (nSPS) is 25.6. The average Bonchev–Trinajstić information content (AvgIpc) is 3.30. The Morgan fingerprint density at radius 1 is 1.09 bits per heavy atom. The van der Waals surface area contributed by atoms with Crippen molar-refractivity contribution in [1.82, 2.24) is 25.4 Å². The summed E-state index contributed by atoms with van der Waals surface area (Å²) in [6.07, 6.45) is 2.09. The molecule has 2 N–H and O–H groups in total. The topological polar surface area (TPSA) is 104 Å². The second kappa shape index (κ2) is 8.58. The Morgan fingerprint density at radius 2 is 1.94 bits per heavy atom. The van der Waals surface area contributed by atoms with Crippen LogP contribution in [0.3, 0.4) is 0 Å². The van der Waals surface area contributed by atoms with Crippen LogP contribution in [0.1, 0.15) is 27.1 Å². The van der Waals surface area contributed by atoms with Gasteiger partial charge in [-0.3, -0.25) is 14.4 Å². The Bertz CT molecular complexity index is 1030. The SMILES string of the molecule is O=C1N[C@H]2CN[C@@H](C2)C(=O)N2CCN(C(=O)c3ccccc3)C[C@H]2COc2ncccc21. The fraction of sp³-hybridized carbons (Fsp3) is 0.391. The number of fused-ring (bicyclic) bond motifs is 4. The minimum absolute atomic E-state index is 0.0241. The largest absolute Gasteiger partial charge is 0.475 e. The van der Waals surface area contributed by atoms with Crippen molar-refractivity contribution >= 4 is 17.7 Å². The minimum Gasteiger partial charge on any atom is -0.475 e. The number of nitrogens with one attached hydrogen (secondary N) is 2. The van der Waals surface area contributed by atoms with Crippen LogP contribution in [0.4, 0.5) is 0 Å². The molecule has 0 radical (unpaired) electrons. The van der Waals surface area contributed by atoms with E-state index >= 15 is 0 Å². The van der Waals surface area contributed by atoms with Crippen LogP contribution < -0.4 is 15.4 Å². The molecule has 3 aliphatic heterocycles. The minimum atomic E-state index is -0.369. The molecule has 3 amide bonds. The molecule has 4 heterocycles. The molecule has 9 nitrogen and oxygen atoms in total. The molecule has 0 saturated carbocycles. The highest BCUT2D eigenvalue weighted by Crippen LogP contribution is 2.22. The summed E-state index contributed by atoms with van der Waals surface area (Å²) in [7, 11) is 0. The molecular formula is C23H25N5O4. The first-order valence-corrected chi connectivity index (χ1v) is 10.9. The highest BCUT2D eigenvalue weighted by atomic mass is 16.5. The third-order valence-electron chi connectivity index (χ3n) is 6.27. The summed E-state index contributed by atoms with van der Waals surface area (Å²) in [5.74, 6) is -0.133. The van der Waals surface area contributed by atoms with Crippen molar-refractivity contribution in [2.75, 3.05) is 32.8 Å². The van der Waals surface area contributed by atoms with Gasteiger partial charge in [0.15, 0.2) is 0 Å². The molecule has 32 heavy (non-hydrogen) atoms. The number of aromatic nitrogens is 1. The number of nitrogens with zero attached hydrogens (tertiary/aromatic N) is 3. The van der Waals surface area contributed by atoms with Gasteiger partial charge in [-0.2, -0.15) is 0 Å². The monoisotopic (exact) mass is 435 g/mol. The molecule has 0 unspecified atom stereocenters. The number of ether oxygens (including phenoxy) is 1. The number of carbonyl (C=O) groups is 3. The van der Waals surface area contributed by atoms with Crippen LogP contribution in [0.15, 0.2) is 48.7 Å². The number of hydrogen-bond acceptors (Lipinski definition) is 6. The lowest BCUT2D eigenvalue weighted by Crippen LogP contribution is -2.61. The molecule has 1 aromatic carbocycles. The second-order valence-electron chi connectivity index (χ2n) is 8.34. The molecular weight excluding hydrogens is 410 g/mol. The number of benzene rings is 1. The van der Waals surface area contributed by atoms with Crippen LogP contribution in [-0.4, -0.2) is 83.4 Å². The molecule has 2 bridgehead atoms. The van der Waals surface area contributed by atoms with Gasteiger partial charge in [0.05, 0.1) is 12.1 Å². The molecule has 9 heteroatoms. The van der Waals surface area contributed by atoms with Crippen molar-refractivity contribution in [3.8, 4) is 5.88 Å². The van der Waals surface area contributed by atoms with Gasteiger partial charge in [-0.1, -0.05) is 18.2 Å². The van der Waals surface area contributed by atoms with Gasteiger partial charge in [0.1, 0.15) is 12.2 Å². The van der Waals surface area contributed by atoms with E-state index in [9.17, 15) is 14.4 Å². The highest BCUT2D eigenvalue weighted by Gasteiger charge is 2.40. The maximum Gasteiger partial charge on any atom is 0.257 e. The van der Waals surface area contributed by atoms with E-state index in [0.717, 1.165) is 0 Å². The summed E-state index contributed by atoms with van der Waals surface area (Å²) < 4.78 is 5.95. The van der Waals surface area contributed by atoms with Gasteiger partial charge in [0.2, 0.25) is 11.8 Å². The number of hydrogen-bond donors (Lipinski definition) is 2. The van der Waals surface area contributed by atoms with E-state index < -0.39 is 0 Å². The quantitative estimate of drug-likeness (QED) is 0.667. The first kappa shape index (κ1) is 20.4. The molecule has 2 fully saturated rings. The zero-order valence-electron chi connectivity index (χ0n) is 17.6. The Labute approximate surface area is 185 Å². The van der Waals surface area contributed by atoms with Crippen LogP contribution in [0.2, 0.25) is 0 Å². The predicted octanol–water partition coefficient (Wildman–Crippen LogP) is 0.288. The number of carbonyl (C=O) groups excluding carboxylic acids is 3. The Morgan fingerprint density at radius 3 is 2.78 bits per heavy atom. The fourth-order valence-electron chi connectivity index (χ4n) is 4.59. The molecule has 2 aromatic rings. The lowest BCUT2D eigenvalue weighted by molar-refractivity contribution is -0.138. The first-order valence-electron chi connectivity index (χ1n) is 10.9. The zero-order chi connectivity index (χ0) is 22.1. The third-order valence-corrected chi connectivity index (χ3v) is 6.27. The van der Waals surface area contributed by atoms with Gasteiger partial charge in [-0.25, -0.2) is 4.98 Å². The molecule has 166 valence electrons. The lowest BCUT2D eigenvalue weighted by atomic mass is 10.1. The van der Waals surface area contributed by atoms with Crippen molar-refractivity contribution in [2.24, 2.45) is 0 Å². The van der Waals surface area contributed by atoms with Crippen LogP contribution in [0.5, 0.6) is 5.88 Å². The van der Waals surface area contributed by atoms with Crippen LogP contribution in [-0.2, 0) is 4.79 Å². The van der Waals surface area contributed by atoms with E-state index in [1.165, 1.54) is 0 Å². The third kappa shape index (κ3) is 3.91. The standard InChI is InChI=1S/C23H25N5O4/c29-20-18-7-4-8-24-21(18)32-14-17-13-27(22(30)15-5-2-1-3-6-15)9-10-28(17)23(31)19-11-16(26-20)12-25-19/h1-8,16-17,19,25H,9-14H2,(H,26,29)/t16-,17+,19+/m1/s1. The number of piperazine rings is 1. The predicted molar refractivity (Wildman–Crippen MR) is 115 cm³/mol. The fourth-order valence-corrected chi connectivity index (χ4v) is 4.59. The van der Waals surface area contributed by atoms with Crippen LogP contribution in [0.25, 0.3) is 0 Å². The summed E-state index contributed by atoms with van der Waals surface area (Å²) in [6.45, 7) is 1.89. The van der Waals surface area contributed by atoms with Crippen molar-refractivity contribution in [1.29, 1.82) is 0 Å². The first-order chi connectivity index (χ1) is 15.6. The average molecular weight is 435 g/mol. The Balaban J connectivity index is 1.42. The summed E-state index contributed by atoms with van der Waals surface area (Å²) in [4.78, 5) is 46.9. The van der Waals surface area contributed by atoms with E-state index in [1.54, 1.807) is 40.3 Å². The summed E-state index contributed by atoms with van der Waals surface area (Å²) in [5.41, 5.74) is 0.979. The Hall–Kier alpha value is -3.46. The molecule has 3 aliphatic rings. The van der Waals surface area contributed by atoms with E-state index in [4.69, 9.17) is 4.74 Å². The van der Waals surface area contributed by atoms with Gasteiger partial charge in [-0.05, 0) is 30.7 Å². The molecule has 0 spiro atoms. The molecule has 5 rings (SSSR count). The summed E-state index contributed by atoms with van der Waals surface area (Å²) in [6, 6.07) is 11.6. The molecule has 0 aliphatic carbocycles. The summed E-state index contributed by atoms with van der Waals surface area (Å²) in [5, 5.41) is 6.21. The maximum absolute atomic E-state index is 13.3. The molecule has 3 atom stereocenters. The van der Waals surface area contributed by atoms with E-state index in [0.29, 0.717) is 43.7 Å². The lowest BCUT2D eigenvalue weighted by Gasteiger charge is -2.42. The van der Waals surface area contributed by atoms with E-state index in [1.807, 2.05) is 18.2 Å². The van der Waals surface area contributed by atoms with Crippen molar-refractivity contribution in [3.05, 3.63) is 59.8 Å². The smallest absolute Gasteiger partial charge is 0.257 e. The van der Waals surface area contributed by atoms with Crippen molar-refractivity contribution in [3.63, 3.8) is 0 Å². The number of amides is 3. The van der Waals surface area contributed by atoms with Crippen molar-refractivity contribution in [2.45, 2.75) is 24.5 Å². The second-order valence-corrected chi connectivity index (χ2v) is 8.34. The summed E-state index contributed by atoms with van der Waals surface area (Å²) >= 11 is 0. The van der Waals surface area contributed by atoms with Gasteiger partial charge < -0.3 is 25.2 Å². The molecule has 2 saturated heterocycles. The maximum atomic E-state index is 13.3. The van der Waals surface area contributed by atoms with Crippen molar-refractivity contribution < 1.29 is 19.1 Å². The van der Waals surface area contributed by atoms with Crippen LogP contribution in [0, 0.1) is 0 Å².